The van der Waals surface area contributed by atoms with Crippen LogP contribution < -0.4 is 5.32 Å². The Balaban J connectivity index is 1.75. The van der Waals surface area contributed by atoms with Crippen LogP contribution in [0.1, 0.15) is 10.6 Å². The predicted octanol–water partition coefficient (Wildman–Crippen LogP) is 3.13. The molecular formula is C14H18FN3S. The lowest BCUT2D eigenvalue weighted by molar-refractivity contribution is 0.342. The number of hydrogen-bond donors (Lipinski definition) is 1. The van der Waals surface area contributed by atoms with Gasteiger partial charge in [0.1, 0.15) is 5.82 Å². The first-order valence-electron chi connectivity index (χ1n) is 6.22. The molecule has 1 aromatic carbocycles. The fraction of sp³-hybridized carbons (Fsp3) is 0.357. The van der Waals surface area contributed by atoms with Crippen molar-refractivity contribution in [1.29, 1.82) is 0 Å². The molecule has 0 fully saturated rings. The van der Waals surface area contributed by atoms with Crippen molar-refractivity contribution < 1.29 is 4.39 Å². The number of rotatable bonds is 6. The summed E-state index contributed by atoms with van der Waals surface area (Å²) < 4.78 is 13.0. The highest BCUT2D eigenvalue weighted by Gasteiger charge is 2.05. The average molecular weight is 279 g/mol. The number of thiazole rings is 1. The van der Waals surface area contributed by atoms with Gasteiger partial charge in [0.15, 0.2) is 0 Å². The first-order valence-corrected chi connectivity index (χ1v) is 7.10. The summed E-state index contributed by atoms with van der Waals surface area (Å²) in [7, 11) is 2.08. The second kappa shape index (κ2) is 6.63. The van der Waals surface area contributed by atoms with E-state index in [2.05, 4.69) is 22.2 Å². The second-order valence-corrected chi connectivity index (χ2v) is 5.48. The third-order valence-corrected chi connectivity index (χ3v) is 3.83. The molecule has 0 bridgehead atoms. The number of likely N-dealkylation sites (N-methyl/N-ethyl adjacent to an activating group) is 1. The van der Waals surface area contributed by atoms with Crippen LogP contribution >= 0.6 is 11.3 Å². The molecule has 19 heavy (non-hydrogen) atoms. The molecule has 3 nitrogen and oxygen atoms in total. The van der Waals surface area contributed by atoms with Crippen LogP contribution in [0.3, 0.4) is 0 Å². The van der Waals surface area contributed by atoms with E-state index in [1.165, 1.54) is 17.0 Å². The highest BCUT2D eigenvalue weighted by Crippen LogP contribution is 2.14. The first-order chi connectivity index (χ1) is 9.15. The van der Waals surface area contributed by atoms with Crippen LogP contribution in [-0.2, 0) is 6.54 Å². The molecular weight excluding hydrogens is 261 g/mol. The van der Waals surface area contributed by atoms with E-state index in [0.717, 1.165) is 31.0 Å². The van der Waals surface area contributed by atoms with Crippen LogP contribution in [0.15, 0.2) is 29.8 Å². The third-order valence-electron chi connectivity index (χ3n) is 2.91. The smallest absolute Gasteiger partial charge is 0.125 e. The molecule has 1 N–H and O–H groups in total. The zero-order valence-corrected chi connectivity index (χ0v) is 12.0. The third kappa shape index (κ3) is 4.29. The van der Waals surface area contributed by atoms with Crippen molar-refractivity contribution in [3.05, 3.63) is 46.2 Å². The predicted molar refractivity (Wildman–Crippen MR) is 78.1 cm³/mol. The largest absolute Gasteiger partial charge is 0.384 e. The summed E-state index contributed by atoms with van der Waals surface area (Å²) in [5, 5.41) is 3.22. The molecule has 0 aliphatic heterocycles. The van der Waals surface area contributed by atoms with E-state index >= 15 is 0 Å². The van der Waals surface area contributed by atoms with Crippen LogP contribution in [0.2, 0.25) is 0 Å². The maximum absolute atomic E-state index is 13.0. The molecule has 0 amide bonds. The summed E-state index contributed by atoms with van der Waals surface area (Å²) in [4.78, 5) is 7.77. The Morgan fingerprint density at radius 2 is 2.26 bits per heavy atom. The maximum atomic E-state index is 13.0. The van der Waals surface area contributed by atoms with Crippen molar-refractivity contribution in [3.8, 4) is 0 Å². The average Bonchev–Trinajstić information content (AvgIpc) is 2.75. The van der Waals surface area contributed by atoms with Crippen LogP contribution in [-0.4, -0.2) is 30.0 Å². The summed E-state index contributed by atoms with van der Waals surface area (Å²) in [5.41, 5.74) is 3.81. The lowest BCUT2D eigenvalue weighted by Crippen LogP contribution is -2.24. The van der Waals surface area contributed by atoms with Crippen LogP contribution in [0.5, 0.6) is 0 Å². The normalized spacial score (nSPS) is 10.9. The minimum Gasteiger partial charge on any atom is -0.384 e. The Labute approximate surface area is 117 Å². The molecule has 0 saturated heterocycles. The molecule has 0 aliphatic rings. The topological polar surface area (TPSA) is 28.2 Å². The van der Waals surface area contributed by atoms with Gasteiger partial charge in [0, 0.05) is 30.2 Å². The Morgan fingerprint density at radius 1 is 1.42 bits per heavy atom. The van der Waals surface area contributed by atoms with Crippen molar-refractivity contribution in [2.45, 2.75) is 13.5 Å². The summed E-state index contributed by atoms with van der Waals surface area (Å²) in [6, 6.07) is 6.54. The molecule has 1 heterocycles. The number of aromatic nitrogens is 1. The number of hydrogen-bond acceptors (Lipinski definition) is 4. The SMILES string of the molecule is Cc1ncsc1CN(C)CCNc1cccc(F)c1. The zero-order chi connectivity index (χ0) is 13.7. The highest BCUT2D eigenvalue weighted by molar-refractivity contribution is 7.09. The lowest BCUT2D eigenvalue weighted by atomic mass is 10.3. The van der Waals surface area contributed by atoms with Gasteiger partial charge in [-0.2, -0.15) is 0 Å². The number of anilines is 1. The minimum absolute atomic E-state index is 0.210. The Hall–Kier alpha value is -1.46. The van der Waals surface area contributed by atoms with E-state index in [4.69, 9.17) is 0 Å². The maximum Gasteiger partial charge on any atom is 0.125 e. The van der Waals surface area contributed by atoms with E-state index in [-0.39, 0.29) is 5.82 Å². The molecule has 0 atom stereocenters. The number of nitrogens with one attached hydrogen (secondary N) is 1. The fourth-order valence-corrected chi connectivity index (χ4v) is 2.65. The number of halogens is 1. The zero-order valence-electron chi connectivity index (χ0n) is 11.2. The summed E-state index contributed by atoms with van der Waals surface area (Å²) >= 11 is 1.69. The molecule has 0 saturated carbocycles. The van der Waals surface area contributed by atoms with Gasteiger partial charge in [-0.15, -0.1) is 11.3 Å². The number of nitrogens with zero attached hydrogens (tertiary/aromatic N) is 2. The van der Waals surface area contributed by atoms with Gasteiger partial charge in [-0.3, -0.25) is 4.90 Å². The molecule has 102 valence electrons. The van der Waals surface area contributed by atoms with Gasteiger partial charge < -0.3 is 5.32 Å². The van der Waals surface area contributed by atoms with Gasteiger partial charge >= 0.3 is 0 Å². The molecule has 0 spiro atoms. The van der Waals surface area contributed by atoms with Crippen molar-refractivity contribution in [3.63, 3.8) is 0 Å². The van der Waals surface area contributed by atoms with Crippen LogP contribution in [0.25, 0.3) is 0 Å². The molecule has 2 rings (SSSR count). The molecule has 1 aromatic heterocycles. The van der Waals surface area contributed by atoms with Crippen LogP contribution in [0, 0.1) is 12.7 Å². The summed E-state index contributed by atoms with van der Waals surface area (Å²) in [6.07, 6.45) is 0. The standard InChI is InChI=1S/C14H18FN3S/c1-11-14(19-10-17-11)9-18(2)7-6-16-13-5-3-4-12(15)8-13/h3-5,8,10,16H,6-7,9H2,1-2H3. The number of aryl methyl sites for hydroxylation is 1. The molecule has 2 aromatic rings. The highest BCUT2D eigenvalue weighted by atomic mass is 32.1. The summed E-state index contributed by atoms with van der Waals surface area (Å²) in [5.74, 6) is -0.210. The monoisotopic (exact) mass is 279 g/mol. The van der Waals surface area contributed by atoms with Gasteiger partial charge in [0.25, 0.3) is 0 Å². The van der Waals surface area contributed by atoms with Gasteiger partial charge in [-0.25, -0.2) is 9.37 Å². The van der Waals surface area contributed by atoms with E-state index in [0.29, 0.717) is 0 Å². The molecule has 5 heteroatoms. The van der Waals surface area contributed by atoms with Gasteiger partial charge in [0.2, 0.25) is 0 Å². The summed E-state index contributed by atoms with van der Waals surface area (Å²) in [6.45, 7) is 4.62. The van der Waals surface area contributed by atoms with E-state index in [1.54, 1.807) is 17.4 Å². The second-order valence-electron chi connectivity index (χ2n) is 4.54. The van der Waals surface area contributed by atoms with E-state index in [9.17, 15) is 4.39 Å². The fourth-order valence-electron chi connectivity index (χ4n) is 1.79. The van der Waals surface area contributed by atoms with Crippen molar-refractivity contribution in [2.75, 3.05) is 25.5 Å². The Kier molecular flexibility index (Phi) is 4.87. The molecule has 0 radical (unpaired) electrons. The van der Waals surface area contributed by atoms with Gasteiger partial charge in [-0.1, -0.05) is 6.07 Å². The van der Waals surface area contributed by atoms with Gasteiger partial charge in [-0.05, 0) is 32.2 Å². The van der Waals surface area contributed by atoms with Crippen molar-refractivity contribution in [1.82, 2.24) is 9.88 Å². The first kappa shape index (κ1) is 14.0. The van der Waals surface area contributed by atoms with Crippen molar-refractivity contribution in [2.24, 2.45) is 0 Å². The van der Waals surface area contributed by atoms with E-state index in [1.807, 2.05) is 18.5 Å². The van der Waals surface area contributed by atoms with Gasteiger partial charge in [0.05, 0.1) is 11.2 Å². The molecule has 0 unspecified atom stereocenters. The minimum atomic E-state index is -0.210. The van der Waals surface area contributed by atoms with Crippen LogP contribution in [0.4, 0.5) is 10.1 Å². The molecule has 0 aliphatic carbocycles. The Bertz CT molecular complexity index is 527. The quantitative estimate of drug-likeness (QED) is 0.880. The Morgan fingerprint density at radius 3 is 2.95 bits per heavy atom. The lowest BCUT2D eigenvalue weighted by Gasteiger charge is -2.16. The number of benzene rings is 1. The van der Waals surface area contributed by atoms with Crippen molar-refractivity contribution >= 4 is 17.0 Å². The van der Waals surface area contributed by atoms with E-state index < -0.39 is 0 Å².